The number of nitriles is 1. The van der Waals surface area contributed by atoms with Crippen molar-refractivity contribution in [3.05, 3.63) is 88.7 Å². The van der Waals surface area contributed by atoms with Crippen molar-refractivity contribution in [2.75, 3.05) is 11.1 Å². The Morgan fingerprint density at radius 2 is 1.96 bits per heavy atom. The van der Waals surface area contributed by atoms with Gasteiger partial charge in [0, 0.05) is 34.9 Å². The maximum atomic E-state index is 9.14. The fourth-order valence-electron chi connectivity index (χ4n) is 3.77. The summed E-state index contributed by atoms with van der Waals surface area (Å²) >= 11 is 0. The lowest BCUT2D eigenvalue weighted by Crippen LogP contribution is -2.18. The van der Waals surface area contributed by atoms with Crippen LogP contribution in [0.2, 0.25) is 0 Å². The van der Waals surface area contributed by atoms with E-state index in [4.69, 9.17) is 16.4 Å². The molecule has 1 aromatic heterocycles. The molecule has 1 atom stereocenters. The Bertz CT molecular complexity index is 1070. The highest BCUT2D eigenvalue weighted by Gasteiger charge is 2.21. The summed E-state index contributed by atoms with van der Waals surface area (Å²) in [6, 6.07) is 17.7. The summed E-state index contributed by atoms with van der Waals surface area (Å²) in [5, 5.41) is 21.3. The summed E-state index contributed by atoms with van der Waals surface area (Å²) in [5.74, 6) is 0. The van der Waals surface area contributed by atoms with Gasteiger partial charge in [0.05, 0.1) is 23.4 Å². The SMILES string of the molecule is N#Cc1ccc2c(c1)CCC[C@@H]2Nc1ccc(N)c(C(=N)c2ccncc2)c1. The first kappa shape index (κ1) is 17.7. The van der Waals surface area contributed by atoms with Crippen LogP contribution in [-0.4, -0.2) is 10.7 Å². The second-order valence-corrected chi connectivity index (χ2v) is 7.03. The predicted molar refractivity (Wildman–Crippen MR) is 111 cm³/mol. The van der Waals surface area contributed by atoms with Gasteiger partial charge < -0.3 is 11.1 Å². The minimum absolute atomic E-state index is 0.183. The number of hydrogen-bond donors (Lipinski definition) is 3. The normalized spacial score (nSPS) is 15.3. The summed E-state index contributed by atoms with van der Waals surface area (Å²) in [4.78, 5) is 4.01. The maximum absolute atomic E-state index is 9.14. The van der Waals surface area contributed by atoms with Crippen LogP contribution in [0.3, 0.4) is 0 Å². The smallest absolute Gasteiger partial charge is 0.0991 e. The summed E-state index contributed by atoms with van der Waals surface area (Å²) in [7, 11) is 0. The van der Waals surface area contributed by atoms with Gasteiger partial charge in [0.2, 0.25) is 0 Å². The Hall–Kier alpha value is -3.65. The van der Waals surface area contributed by atoms with E-state index >= 15 is 0 Å². The monoisotopic (exact) mass is 367 g/mol. The average Bonchev–Trinajstić information content (AvgIpc) is 2.75. The van der Waals surface area contributed by atoms with Gasteiger partial charge >= 0.3 is 0 Å². The first-order valence-corrected chi connectivity index (χ1v) is 9.34. The number of anilines is 2. The molecule has 138 valence electrons. The summed E-state index contributed by atoms with van der Waals surface area (Å²) in [5.41, 5.74) is 12.7. The molecule has 0 radical (unpaired) electrons. The number of aromatic nitrogens is 1. The summed E-state index contributed by atoms with van der Waals surface area (Å²) < 4.78 is 0. The standard InChI is InChI=1S/C23H21N5/c24-14-15-4-6-19-17(12-15)2-1-3-22(19)28-18-5-7-21(25)20(13-18)23(26)16-8-10-27-11-9-16/h4-13,22,26,28H,1-3,25H2/t22-/m0/s1. The van der Waals surface area contributed by atoms with Gasteiger partial charge in [-0.2, -0.15) is 5.26 Å². The topological polar surface area (TPSA) is 98.6 Å². The number of nitrogen functional groups attached to an aromatic ring is 1. The Morgan fingerprint density at radius 3 is 2.75 bits per heavy atom. The van der Waals surface area contributed by atoms with Crippen molar-refractivity contribution in [2.24, 2.45) is 0 Å². The number of aryl methyl sites for hydroxylation is 1. The molecule has 3 aromatic rings. The van der Waals surface area contributed by atoms with Gasteiger partial charge in [-0.05, 0) is 72.9 Å². The summed E-state index contributed by atoms with van der Waals surface area (Å²) in [6.07, 6.45) is 6.46. The second-order valence-electron chi connectivity index (χ2n) is 7.03. The van der Waals surface area contributed by atoms with Gasteiger partial charge in [-0.3, -0.25) is 10.4 Å². The third-order valence-corrected chi connectivity index (χ3v) is 5.22. The van der Waals surface area contributed by atoms with Crippen LogP contribution in [0.15, 0.2) is 60.9 Å². The van der Waals surface area contributed by atoms with E-state index in [-0.39, 0.29) is 6.04 Å². The lowest BCUT2D eigenvalue weighted by Gasteiger charge is -2.27. The van der Waals surface area contributed by atoms with Gasteiger partial charge in [-0.15, -0.1) is 0 Å². The summed E-state index contributed by atoms with van der Waals surface area (Å²) in [6.45, 7) is 0. The minimum atomic E-state index is 0.183. The van der Waals surface area contributed by atoms with Crippen LogP contribution in [-0.2, 0) is 6.42 Å². The van der Waals surface area contributed by atoms with E-state index in [0.29, 0.717) is 22.5 Å². The van der Waals surface area contributed by atoms with Gasteiger partial charge in [-0.1, -0.05) is 6.07 Å². The van der Waals surface area contributed by atoms with Crippen LogP contribution < -0.4 is 11.1 Å². The van der Waals surface area contributed by atoms with E-state index in [2.05, 4.69) is 22.4 Å². The first-order valence-electron chi connectivity index (χ1n) is 9.34. The number of nitrogens with two attached hydrogens (primary N) is 1. The van der Waals surface area contributed by atoms with E-state index in [9.17, 15) is 0 Å². The minimum Gasteiger partial charge on any atom is -0.398 e. The third-order valence-electron chi connectivity index (χ3n) is 5.22. The molecule has 0 bridgehead atoms. The Morgan fingerprint density at radius 1 is 1.14 bits per heavy atom. The molecular weight excluding hydrogens is 346 g/mol. The molecule has 0 spiro atoms. The predicted octanol–water partition coefficient (Wildman–Crippen LogP) is 4.44. The van der Waals surface area contributed by atoms with Crippen molar-refractivity contribution in [1.29, 1.82) is 10.7 Å². The van der Waals surface area contributed by atoms with E-state index in [1.165, 1.54) is 11.1 Å². The molecule has 5 nitrogen and oxygen atoms in total. The Labute approximate surface area is 164 Å². The highest BCUT2D eigenvalue weighted by atomic mass is 14.9. The molecule has 0 aliphatic heterocycles. The van der Waals surface area contributed by atoms with Gasteiger partial charge in [0.1, 0.15) is 0 Å². The molecule has 2 aromatic carbocycles. The Balaban J connectivity index is 1.62. The number of nitrogens with zero attached hydrogens (tertiary/aromatic N) is 2. The molecule has 4 rings (SSSR count). The number of nitrogens with one attached hydrogen (secondary N) is 2. The number of pyridine rings is 1. The highest BCUT2D eigenvalue weighted by Crippen LogP contribution is 2.34. The molecule has 0 fully saturated rings. The fraction of sp³-hybridized carbons (Fsp3) is 0.174. The zero-order valence-electron chi connectivity index (χ0n) is 15.4. The largest absolute Gasteiger partial charge is 0.398 e. The lowest BCUT2D eigenvalue weighted by atomic mass is 9.86. The third kappa shape index (κ3) is 3.45. The van der Waals surface area contributed by atoms with Crippen molar-refractivity contribution in [3.8, 4) is 6.07 Å². The fourth-order valence-corrected chi connectivity index (χ4v) is 3.77. The second kappa shape index (κ2) is 7.53. The van der Waals surface area contributed by atoms with Crippen LogP contribution in [0.1, 0.15) is 46.7 Å². The highest BCUT2D eigenvalue weighted by molar-refractivity contribution is 6.14. The average molecular weight is 367 g/mol. The van der Waals surface area contributed by atoms with E-state index in [0.717, 1.165) is 30.5 Å². The molecule has 1 aliphatic rings. The quantitative estimate of drug-likeness (QED) is 0.469. The lowest BCUT2D eigenvalue weighted by molar-refractivity contribution is 0.600. The number of fused-ring (bicyclic) bond motifs is 1. The van der Waals surface area contributed by atoms with Crippen LogP contribution in [0.4, 0.5) is 11.4 Å². The molecule has 0 saturated carbocycles. The van der Waals surface area contributed by atoms with Gasteiger partial charge in [0.15, 0.2) is 0 Å². The van der Waals surface area contributed by atoms with Crippen molar-refractivity contribution in [1.82, 2.24) is 4.98 Å². The maximum Gasteiger partial charge on any atom is 0.0991 e. The molecule has 0 unspecified atom stereocenters. The van der Waals surface area contributed by atoms with Gasteiger partial charge in [-0.25, -0.2) is 0 Å². The Kier molecular flexibility index (Phi) is 4.77. The van der Waals surface area contributed by atoms with Crippen molar-refractivity contribution in [3.63, 3.8) is 0 Å². The zero-order chi connectivity index (χ0) is 19.5. The van der Waals surface area contributed by atoms with Crippen LogP contribution in [0, 0.1) is 16.7 Å². The molecule has 28 heavy (non-hydrogen) atoms. The van der Waals surface area contributed by atoms with E-state index in [1.54, 1.807) is 12.4 Å². The van der Waals surface area contributed by atoms with Crippen molar-refractivity contribution in [2.45, 2.75) is 25.3 Å². The zero-order valence-corrected chi connectivity index (χ0v) is 15.4. The number of hydrogen-bond acceptors (Lipinski definition) is 5. The van der Waals surface area contributed by atoms with Crippen LogP contribution >= 0.6 is 0 Å². The molecule has 4 N–H and O–H groups in total. The molecule has 0 amide bonds. The van der Waals surface area contributed by atoms with Crippen LogP contribution in [0.5, 0.6) is 0 Å². The molecule has 1 heterocycles. The van der Waals surface area contributed by atoms with E-state index < -0.39 is 0 Å². The van der Waals surface area contributed by atoms with Crippen LogP contribution in [0.25, 0.3) is 0 Å². The molecular formula is C23H21N5. The van der Waals surface area contributed by atoms with Crippen molar-refractivity contribution >= 4 is 17.1 Å². The van der Waals surface area contributed by atoms with Crippen molar-refractivity contribution < 1.29 is 0 Å². The molecule has 5 heteroatoms. The first-order chi connectivity index (χ1) is 13.7. The molecule has 0 saturated heterocycles. The van der Waals surface area contributed by atoms with E-state index in [1.807, 2.05) is 42.5 Å². The number of benzene rings is 2. The molecule has 1 aliphatic carbocycles. The van der Waals surface area contributed by atoms with Gasteiger partial charge in [0.25, 0.3) is 0 Å². The number of rotatable bonds is 4.